The highest BCUT2D eigenvalue weighted by Crippen LogP contribution is 2.23. The fraction of sp³-hybridized carbons (Fsp3) is 0.200. The van der Waals surface area contributed by atoms with E-state index in [2.05, 4.69) is 17.3 Å². The second kappa shape index (κ2) is 3.49. The molecule has 1 unspecified atom stereocenters. The van der Waals surface area contributed by atoms with Crippen molar-refractivity contribution in [2.45, 2.75) is 12.3 Å². The number of nitrogens with two attached hydrogens (primary N) is 1. The number of hydrogen-bond acceptors (Lipinski definition) is 2. The predicted octanol–water partition coefficient (Wildman–Crippen LogP) is 1.41. The van der Waals surface area contributed by atoms with Gasteiger partial charge in [0.2, 0.25) is 0 Å². The molecule has 0 saturated carbocycles. The highest BCUT2D eigenvalue weighted by atomic mass is 16.2. The van der Waals surface area contributed by atoms with E-state index in [0.29, 0.717) is 5.92 Å². The van der Waals surface area contributed by atoms with Crippen LogP contribution in [0.3, 0.4) is 0 Å². The van der Waals surface area contributed by atoms with Crippen LogP contribution in [0.1, 0.15) is 17.9 Å². The number of allylic oxidation sites excluding steroid dienone is 4. The van der Waals surface area contributed by atoms with Gasteiger partial charge < -0.3 is 5.73 Å². The van der Waals surface area contributed by atoms with Crippen molar-refractivity contribution in [2.24, 2.45) is 5.73 Å². The molecule has 1 aromatic rings. The predicted molar refractivity (Wildman–Crippen MR) is 52.8 cm³/mol. The molecule has 2 rings (SSSR count). The Hall–Kier alpha value is -1.84. The van der Waals surface area contributed by atoms with Crippen LogP contribution < -0.4 is 5.73 Å². The zero-order valence-corrected chi connectivity index (χ0v) is 7.63. The standard InChI is InChI=1S/C10H11N3O/c11-10(14)13-7-9(6-12-13)8-4-2-1-3-5-8/h1-4,6-8H,5H2,(H2,11,14). The summed E-state index contributed by atoms with van der Waals surface area (Å²) in [5.41, 5.74) is 6.10. The van der Waals surface area contributed by atoms with Gasteiger partial charge in [-0.1, -0.05) is 24.3 Å². The van der Waals surface area contributed by atoms with Crippen LogP contribution in [0.5, 0.6) is 0 Å². The fourth-order valence-electron chi connectivity index (χ4n) is 1.48. The monoisotopic (exact) mass is 189 g/mol. The van der Waals surface area contributed by atoms with Gasteiger partial charge in [-0.25, -0.2) is 4.79 Å². The molecule has 0 saturated heterocycles. The number of primary amides is 1. The van der Waals surface area contributed by atoms with Crippen molar-refractivity contribution in [1.29, 1.82) is 0 Å². The summed E-state index contributed by atoms with van der Waals surface area (Å²) in [4.78, 5) is 10.8. The molecule has 1 atom stereocenters. The molecule has 1 aromatic heterocycles. The Morgan fingerprint density at radius 3 is 3.00 bits per heavy atom. The second-order valence-electron chi connectivity index (χ2n) is 3.21. The van der Waals surface area contributed by atoms with E-state index >= 15 is 0 Å². The third kappa shape index (κ3) is 1.59. The van der Waals surface area contributed by atoms with Gasteiger partial charge in [0.05, 0.1) is 6.20 Å². The van der Waals surface area contributed by atoms with Crippen LogP contribution in [-0.4, -0.2) is 15.8 Å². The van der Waals surface area contributed by atoms with E-state index in [4.69, 9.17) is 5.73 Å². The highest BCUT2D eigenvalue weighted by Gasteiger charge is 2.11. The number of nitrogens with zero attached hydrogens (tertiary/aromatic N) is 2. The molecular formula is C10H11N3O. The van der Waals surface area contributed by atoms with Gasteiger partial charge >= 0.3 is 6.03 Å². The minimum atomic E-state index is -0.549. The summed E-state index contributed by atoms with van der Waals surface area (Å²) >= 11 is 0. The van der Waals surface area contributed by atoms with Crippen LogP contribution in [0.2, 0.25) is 0 Å². The Labute approximate surface area is 81.7 Å². The topological polar surface area (TPSA) is 60.9 Å². The van der Waals surface area contributed by atoms with Gasteiger partial charge in [-0.2, -0.15) is 9.78 Å². The van der Waals surface area contributed by atoms with E-state index in [9.17, 15) is 4.79 Å². The highest BCUT2D eigenvalue weighted by molar-refractivity contribution is 5.73. The van der Waals surface area contributed by atoms with Gasteiger partial charge in [-0.3, -0.25) is 0 Å². The average Bonchev–Trinajstić information content (AvgIpc) is 2.68. The smallest absolute Gasteiger partial charge is 0.339 e. The first-order chi connectivity index (χ1) is 6.77. The molecule has 14 heavy (non-hydrogen) atoms. The SMILES string of the molecule is NC(=O)n1cc(C2C=CC=CC2)cn1. The molecule has 1 heterocycles. The number of hydrogen-bond donors (Lipinski definition) is 1. The van der Waals surface area contributed by atoms with Gasteiger partial charge in [0, 0.05) is 12.1 Å². The largest absolute Gasteiger partial charge is 0.350 e. The first-order valence-electron chi connectivity index (χ1n) is 4.45. The normalized spacial score (nSPS) is 19.9. The molecular weight excluding hydrogens is 178 g/mol. The van der Waals surface area contributed by atoms with Crippen molar-refractivity contribution in [3.63, 3.8) is 0 Å². The third-order valence-electron chi connectivity index (χ3n) is 2.24. The number of carbonyl (C=O) groups excluding carboxylic acids is 1. The summed E-state index contributed by atoms with van der Waals surface area (Å²) in [5.74, 6) is 0.313. The average molecular weight is 189 g/mol. The lowest BCUT2D eigenvalue weighted by Gasteiger charge is -2.09. The summed E-state index contributed by atoms with van der Waals surface area (Å²) < 4.78 is 1.15. The van der Waals surface area contributed by atoms with Gasteiger partial charge in [-0.05, 0) is 12.0 Å². The summed E-state index contributed by atoms with van der Waals surface area (Å²) in [5, 5.41) is 3.88. The molecule has 0 spiro atoms. The van der Waals surface area contributed by atoms with Crippen LogP contribution in [-0.2, 0) is 0 Å². The molecule has 0 bridgehead atoms. The molecule has 1 amide bonds. The van der Waals surface area contributed by atoms with Crippen molar-refractivity contribution in [3.05, 3.63) is 42.3 Å². The van der Waals surface area contributed by atoms with E-state index in [1.54, 1.807) is 12.4 Å². The van der Waals surface area contributed by atoms with Gasteiger partial charge in [0.15, 0.2) is 0 Å². The van der Waals surface area contributed by atoms with Gasteiger partial charge in [0.1, 0.15) is 0 Å². The lowest BCUT2D eigenvalue weighted by Crippen LogP contribution is -2.19. The quantitative estimate of drug-likeness (QED) is 0.726. The molecule has 0 fully saturated rings. The first-order valence-corrected chi connectivity index (χ1v) is 4.45. The Bertz CT molecular complexity index is 403. The lowest BCUT2D eigenvalue weighted by atomic mass is 9.95. The molecule has 4 nitrogen and oxygen atoms in total. The van der Waals surface area contributed by atoms with Gasteiger partial charge in [-0.15, -0.1) is 0 Å². The van der Waals surface area contributed by atoms with Crippen molar-refractivity contribution in [1.82, 2.24) is 9.78 Å². The van der Waals surface area contributed by atoms with Gasteiger partial charge in [0.25, 0.3) is 0 Å². The maximum absolute atomic E-state index is 10.8. The number of carbonyl (C=O) groups is 1. The summed E-state index contributed by atoms with van der Waals surface area (Å²) in [6.45, 7) is 0. The first kappa shape index (κ1) is 8.74. The minimum absolute atomic E-state index is 0.313. The number of rotatable bonds is 1. The molecule has 0 aromatic carbocycles. The summed E-state index contributed by atoms with van der Waals surface area (Å²) in [6.07, 6.45) is 12.5. The minimum Gasteiger partial charge on any atom is -0.350 e. The molecule has 0 radical (unpaired) electrons. The molecule has 1 aliphatic rings. The fourth-order valence-corrected chi connectivity index (χ4v) is 1.48. The molecule has 0 aliphatic heterocycles. The number of amides is 1. The molecule has 72 valence electrons. The van der Waals surface area contributed by atoms with E-state index in [1.165, 1.54) is 0 Å². The van der Waals surface area contributed by atoms with Crippen LogP contribution in [0.25, 0.3) is 0 Å². The Morgan fingerprint density at radius 1 is 1.57 bits per heavy atom. The van der Waals surface area contributed by atoms with E-state index < -0.39 is 6.03 Å². The van der Waals surface area contributed by atoms with E-state index in [-0.39, 0.29) is 0 Å². The van der Waals surface area contributed by atoms with Crippen molar-refractivity contribution >= 4 is 6.03 Å². The number of aromatic nitrogens is 2. The van der Waals surface area contributed by atoms with Crippen LogP contribution in [0, 0.1) is 0 Å². The molecule has 1 aliphatic carbocycles. The van der Waals surface area contributed by atoms with E-state index in [1.807, 2.05) is 12.2 Å². The van der Waals surface area contributed by atoms with Crippen LogP contribution in [0.4, 0.5) is 4.79 Å². The zero-order chi connectivity index (χ0) is 9.97. The second-order valence-corrected chi connectivity index (χ2v) is 3.21. The van der Waals surface area contributed by atoms with Crippen molar-refractivity contribution < 1.29 is 4.79 Å². The Balaban J connectivity index is 2.20. The maximum atomic E-state index is 10.8. The van der Waals surface area contributed by atoms with Crippen molar-refractivity contribution in [3.8, 4) is 0 Å². The lowest BCUT2D eigenvalue weighted by molar-refractivity contribution is 0.247. The van der Waals surface area contributed by atoms with Crippen LogP contribution in [0.15, 0.2) is 36.7 Å². The molecule has 2 N–H and O–H groups in total. The Morgan fingerprint density at radius 2 is 2.43 bits per heavy atom. The van der Waals surface area contributed by atoms with E-state index in [0.717, 1.165) is 16.7 Å². The zero-order valence-electron chi connectivity index (χ0n) is 7.63. The summed E-state index contributed by atoms with van der Waals surface area (Å²) in [6, 6.07) is -0.549. The Kier molecular flexibility index (Phi) is 2.18. The summed E-state index contributed by atoms with van der Waals surface area (Å²) in [7, 11) is 0. The van der Waals surface area contributed by atoms with Crippen LogP contribution >= 0.6 is 0 Å². The third-order valence-corrected chi connectivity index (χ3v) is 2.24. The maximum Gasteiger partial charge on any atom is 0.339 e. The molecule has 4 heteroatoms. The van der Waals surface area contributed by atoms with Crippen molar-refractivity contribution in [2.75, 3.05) is 0 Å².